The number of nitrogens with one attached hydrogen (secondary N) is 1. The number of aliphatic carboxylic acids is 1. The summed E-state index contributed by atoms with van der Waals surface area (Å²) < 4.78 is 22.0. The summed E-state index contributed by atoms with van der Waals surface area (Å²) in [5.74, 6) is -0.977. The third kappa shape index (κ3) is 4.91. The van der Waals surface area contributed by atoms with Crippen molar-refractivity contribution in [2.75, 3.05) is 25.1 Å². The highest BCUT2D eigenvalue weighted by molar-refractivity contribution is 7.90. The fourth-order valence-electron chi connectivity index (χ4n) is 1.91. The Hall–Kier alpha value is -1.31. The molecule has 8 heteroatoms. The number of carbonyl (C=O) groups excluding carboxylic acids is 1. The SMILES string of the molecule is CC(CS(C)(=O)=O)NC(=O)N1CC(CC(=O)O)C1. The average molecular weight is 278 g/mol. The van der Waals surface area contributed by atoms with E-state index in [9.17, 15) is 18.0 Å². The van der Waals surface area contributed by atoms with E-state index in [1.807, 2.05) is 0 Å². The van der Waals surface area contributed by atoms with Crippen LogP contribution < -0.4 is 5.32 Å². The molecule has 104 valence electrons. The number of hydrogen-bond donors (Lipinski definition) is 2. The van der Waals surface area contributed by atoms with Crippen LogP contribution in [0.2, 0.25) is 0 Å². The van der Waals surface area contributed by atoms with Gasteiger partial charge in [-0.3, -0.25) is 4.79 Å². The number of rotatable bonds is 5. The lowest BCUT2D eigenvalue weighted by atomic mass is 9.97. The first-order valence-corrected chi connectivity index (χ1v) is 7.68. The number of sulfone groups is 1. The molecule has 0 saturated carbocycles. The second kappa shape index (κ2) is 5.55. The molecule has 0 aromatic rings. The zero-order valence-electron chi connectivity index (χ0n) is 10.4. The van der Waals surface area contributed by atoms with E-state index in [2.05, 4.69) is 5.32 Å². The van der Waals surface area contributed by atoms with Gasteiger partial charge in [-0.05, 0) is 6.92 Å². The first kappa shape index (κ1) is 14.7. The number of urea groups is 1. The monoisotopic (exact) mass is 278 g/mol. The van der Waals surface area contributed by atoms with Crippen LogP contribution in [-0.4, -0.2) is 61.6 Å². The Morgan fingerprint density at radius 1 is 1.44 bits per heavy atom. The van der Waals surface area contributed by atoms with Crippen LogP contribution in [0.25, 0.3) is 0 Å². The molecule has 0 spiro atoms. The minimum absolute atomic E-state index is 0.00142. The van der Waals surface area contributed by atoms with E-state index in [1.165, 1.54) is 4.90 Å². The summed E-state index contributed by atoms with van der Waals surface area (Å²) in [6, 6.07) is -0.793. The predicted octanol–water partition coefficient (Wildman–Crippen LogP) is -0.464. The molecule has 1 fully saturated rings. The van der Waals surface area contributed by atoms with Crippen molar-refractivity contribution in [1.82, 2.24) is 10.2 Å². The van der Waals surface area contributed by atoms with Gasteiger partial charge in [-0.15, -0.1) is 0 Å². The largest absolute Gasteiger partial charge is 0.481 e. The molecule has 0 aromatic heterocycles. The van der Waals surface area contributed by atoms with E-state index in [1.54, 1.807) is 6.92 Å². The van der Waals surface area contributed by atoms with E-state index >= 15 is 0 Å². The Bertz CT molecular complexity index is 428. The van der Waals surface area contributed by atoms with Crippen LogP contribution in [0.5, 0.6) is 0 Å². The average Bonchev–Trinajstić information content (AvgIpc) is 2.05. The molecule has 0 aromatic carbocycles. The minimum atomic E-state index is -3.12. The Morgan fingerprint density at radius 2 is 2.00 bits per heavy atom. The number of carboxylic acids is 1. The summed E-state index contributed by atoms with van der Waals surface area (Å²) in [5, 5.41) is 11.1. The van der Waals surface area contributed by atoms with Crippen LogP contribution in [0.4, 0.5) is 4.79 Å². The summed E-state index contributed by atoms with van der Waals surface area (Å²) in [6.07, 6.45) is 1.17. The van der Waals surface area contributed by atoms with Crippen molar-refractivity contribution < 1.29 is 23.1 Å². The number of likely N-dealkylation sites (tertiary alicyclic amines) is 1. The van der Waals surface area contributed by atoms with Crippen molar-refractivity contribution in [3.8, 4) is 0 Å². The molecule has 0 radical (unpaired) electrons. The maximum atomic E-state index is 11.6. The molecule has 2 N–H and O–H groups in total. The molecule has 1 unspecified atom stereocenters. The maximum Gasteiger partial charge on any atom is 0.317 e. The normalized spacial score (nSPS) is 18.0. The standard InChI is InChI=1S/C10H18N2O5S/c1-7(6-18(2,16)17)11-10(15)12-4-8(5-12)3-9(13)14/h7-8H,3-6H2,1-2H3,(H,11,15)(H,13,14). The third-order valence-corrected chi connectivity index (χ3v) is 3.74. The lowest BCUT2D eigenvalue weighted by Crippen LogP contribution is -2.56. The van der Waals surface area contributed by atoms with Crippen LogP contribution in [0, 0.1) is 5.92 Å². The lowest BCUT2D eigenvalue weighted by molar-refractivity contribution is -0.139. The molecule has 1 saturated heterocycles. The van der Waals surface area contributed by atoms with Crippen molar-refractivity contribution >= 4 is 21.8 Å². The highest BCUT2D eigenvalue weighted by Crippen LogP contribution is 2.18. The highest BCUT2D eigenvalue weighted by atomic mass is 32.2. The van der Waals surface area contributed by atoms with E-state index in [-0.39, 0.29) is 24.1 Å². The molecule has 1 atom stereocenters. The van der Waals surface area contributed by atoms with Gasteiger partial charge in [0, 0.05) is 31.3 Å². The van der Waals surface area contributed by atoms with Gasteiger partial charge in [0.2, 0.25) is 0 Å². The highest BCUT2D eigenvalue weighted by Gasteiger charge is 2.32. The molecular formula is C10H18N2O5S. The van der Waals surface area contributed by atoms with Crippen LogP contribution in [0.3, 0.4) is 0 Å². The lowest BCUT2D eigenvalue weighted by Gasteiger charge is -2.39. The van der Waals surface area contributed by atoms with Gasteiger partial charge in [-0.1, -0.05) is 0 Å². The van der Waals surface area contributed by atoms with Crippen molar-refractivity contribution in [3.05, 3.63) is 0 Å². The van der Waals surface area contributed by atoms with E-state index in [0.29, 0.717) is 13.1 Å². The second-order valence-corrected chi connectivity index (χ2v) is 7.00. The minimum Gasteiger partial charge on any atom is -0.481 e. The zero-order valence-corrected chi connectivity index (χ0v) is 11.2. The fraction of sp³-hybridized carbons (Fsp3) is 0.800. The van der Waals surface area contributed by atoms with Crippen molar-refractivity contribution in [3.63, 3.8) is 0 Å². The van der Waals surface area contributed by atoms with Gasteiger partial charge in [-0.25, -0.2) is 13.2 Å². The Kier molecular flexibility index (Phi) is 4.55. The molecule has 1 aliphatic heterocycles. The van der Waals surface area contributed by atoms with Crippen LogP contribution >= 0.6 is 0 Å². The number of hydrogen-bond acceptors (Lipinski definition) is 4. The molecule has 1 aliphatic rings. The fourth-order valence-corrected chi connectivity index (χ4v) is 2.90. The molecule has 1 rings (SSSR count). The van der Waals surface area contributed by atoms with Gasteiger partial charge >= 0.3 is 12.0 Å². The molecule has 0 aliphatic carbocycles. The number of carbonyl (C=O) groups is 2. The van der Waals surface area contributed by atoms with Crippen molar-refractivity contribution in [2.45, 2.75) is 19.4 Å². The molecule has 7 nitrogen and oxygen atoms in total. The van der Waals surface area contributed by atoms with Gasteiger partial charge in [-0.2, -0.15) is 0 Å². The topological polar surface area (TPSA) is 104 Å². The van der Waals surface area contributed by atoms with Gasteiger partial charge < -0.3 is 15.3 Å². The quantitative estimate of drug-likeness (QED) is 0.708. The van der Waals surface area contributed by atoms with Crippen molar-refractivity contribution in [1.29, 1.82) is 0 Å². The van der Waals surface area contributed by atoms with Crippen LogP contribution in [-0.2, 0) is 14.6 Å². The Labute approximate surface area is 106 Å². The summed E-state index contributed by atoms with van der Waals surface area (Å²) in [6.45, 7) is 2.43. The van der Waals surface area contributed by atoms with Crippen LogP contribution in [0.15, 0.2) is 0 Å². The second-order valence-electron chi connectivity index (χ2n) is 4.81. The smallest absolute Gasteiger partial charge is 0.317 e. The van der Waals surface area contributed by atoms with E-state index in [4.69, 9.17) is 5.11 Å². The number of amides is 2. The molecule has 1 heterocycles. The molecule has 0 bridgehead atoms. The summed E-state index contributed by atoms with van der Waals surface area (Å²) in [7, 11) is -3.12. The summed E-state index contributed by atoms with van der Waals surface area (Å²) in [4.78, 5) is 23.5. The maximum absolute atomic E-state index is 11.6. The molecule has 18 heavy (non-hydrogen) atoms. The van der Waals surface area contributed by atoms with E-state index in [0.717, 1.165) is 6.26 Å². The Balaban J connectivity index is 2.29. The van der Waals surface area contributed by atoms with Gasteiger partial charge in [0.15, 0.2) is 0 Å². The van der Waals surface area contributed by atoms with Gasteiger partial charge in [0.05, 0.1) is 12.2 Å². The summed E-state index contributed by atoms with van der Waals surface area (Å²) in [5.41, 5.74) is 0. The number of nitrogens with zero attached hydrogens (tertiary/aromatic N) is 1. The van der Waals surface area contributed by atoms with Gasteiger partial charge in [0.1, 0.15) is 9.84 Å². The first-order chi connectivity index (χ1) is 8.17. The first-order valence-electron chi connectivity index (χ1n) is 5.62. The Morgan fingerprint density at radius 3 is 2.44 bits per heavy atom. The van der Waals surface area contributed by atoms with Crippen molar-refractivity contribution in [2.24, 2.45) is 5.92 Å². The zero-order chi connectivity index (χ0) is 13.9. The summed E-state index contributed by atoms with van der Waals surface area (Å²) >= 11 is 0. The predicted molar refractivity (Wildman–Crippen MR) is 65.0 cm³/mol. The van der Waals surface area contributed by atoms with E-state index < -0.39 is 21.8 Å². The molecular weight excluding hydrogens is 260 g/mol. The van der Waals surface area contributed by atoms with Gasteiger partial charge in [0.25, 0.3) is 0 Å². The van der Waals surface area contributed by atoms with Crippen LogP contribution in [0.1, 0.15) is 13.3 Å². The third-order valence-electron chi connectivity index (χ3n) is 2.63. The molecule has 2 amide bonds. The number of carboxylic acid groups (broad SMARTS) is 1.